The predicted molar refractivity (Wildman–Crippen MR) is 126 cm³/mol. The molecule has 4 rings (SSSR count). The lowest BCUT2D eigenvalue weighted by atomic mass is 9.96. The number of hydrogen-bond acceptors (Lipinski definition) is 3. The van der Waals surface area contributed by atoms with Crippen molar-refractivity contribution in [2.24, 2.45) is 0 Å². The van der Waals surface area contributed by atoms with Crippen molar-refractivity contribution in [2.75, 3.05) is 11.9 Å². The molecule has 7 heteroatoms. The number of anilines is 1. The van der Waals surface area contributed by atoms with E-state index in [4.69, 9.17) is 0 Å². The number of nitrogens with one attached hydrogen (secondary N) is 2. The summed E-state index contributed by atoms with van der Waals surface area (Å²) in [7, 11) is 0. The number of amides is 2. The first-order chi connectivity index (χ1) is 16.0. The van der Waals surface area contributed by atoms with Crippen LogP contribution in [0.1, 0.15) is 13.3 Å². The van der Waals surface area contributed by atoms with E-state index < -0.39 is 23.8 Å². The van der Waals surface area contributed by atoms with Crippen LogP contribution in [0.25, 0.3) is 33.3 Å². The highest BCUT2D eigenvalue weighted by Crippen LogP contribution is 2.36. The third-order valence-electron chi connectivity index (χ3n) is 5.34. The van der Waals surface area contributed by atoms with Crippen LogP contribution >= 0.6 is 0 Å². The van der Waals surface area contributed by atoms with Gasteiger partial charge in [0.1, 0.15) is 11.6 Å². The number of carbonyl (C=O) groups is 1. The van der Waals surface area contributed by atoms with Gasteiger partial charge in [-0.05, 0) is 48.9 Å². The molecule has 0 unspecified atom stereocenters. The van der Waals surface area contributed by atoms with Gasteiger partial charge in [0, 0.05) is 34.3 Å². The minimum Gasteiger partial charge on any atom is -0.391 e. The summed E-state index contributed by atoms with van der Waals surface area (Å²) in [6.07, 6.45) is -0.0814. The third kappa shape index (κ3) is 4.99. The number of carbonyl (C=O) groups excluding carboxylic acids is 1. The largest absolute Gasteiger partial charge is 0.391 e. The highest BCUT2D eigenvalue weighted by Gasteiger charge is 2.17. The smallest absolute Gasteiger partial charge is 0.319 e. The number of nitrogens with zero attached hydrogens (tertiary/aromatic N) is 1. The van der Waals surface area contributed by atoms with Crippen LogP contribution in [-0.4, -0.2) is 28.8 Å². The fourth-order valence-corrected chi connectivity index (χ4v) is 3.53. The number of halogens is 2. The second kappa shape index (κ2) is 9.75. The average Bonchev–Trinajstić information content (AvgIpc) is 2.82. The monoisotopic (exact) mass is 447 g/mol. The van der Waals surface area contributed by atoms with Gasteiger partial charge >= 0.3 is 6.03 Å². The second-order valence-corrected chi connectivity index (χ2v) is 7.65. The minimum atomic E-state index is -0.614. The number of aliphatic hydroxyl groups excluding tert-OH is 1. The molecule has 5 nitrogen and oxygen atoms in total. The Bertz CT molecular complexity index is 1310. The maximum absolute atomic E-state index is 14.7. The van der Waals surface area contributed by atoms with Crippen molar-refractivity contribution in [1.82, 2.24) is 10.3 Å². The van der Waals surface area contributed by atoms with E-state index in [1.54, 1.807) is 60.7 Å². The van der Waals surface area contributed by atoms with Crippen LogP contribution < -0.4 is 10.6 Å². The number of pyridine rings is 1. The lowest BCUT2D eigenvalue weighted by Gasteiger charge is -2.14. The summed E-state index contributed by atoms with van der Waals surface area (Å²) in [5.41, 5.74) is 2.42. The Morgan fingerprint density at radius 3 is 2.27 bits per heavy atom. The van der Waals surface area contributed by atoms with Gasteiger partial charge in [-0.25, -0.2) is 18.6 Å². The normalized spacial score (nSPS) is 11.9. The topological polar surface area (TPSA) is 74.2 Å². The maximum atomic E-state index is 14.7. The molecule has 1 heterocycles. The zero-order chi connectivity index (χ0) is 23.4. The SMILES string of the molecule is CC[C@H](O)CNC(=O)Nc1ccc2nc(-c3ccccc3F)c(-c3ccccc3F)cc2c1. The van der Waals surface area contributed by atoms with Crippen LogP contribution in [0.4, 0.5) is 19.3 Å². The van der Waals surface area contributed by atoms with Crippen LogP contribution in [0.3, 0.4) is 0 Å². The third-order valence-corrected chi connectivity index (χ3v) is 5.34. The molecule has 33 heavy (non-hydrogen) atoms. The number of rotatable bonds is 6. The van der Waals surface area contributed by atoms with Crippen molar-refractivity contribution in [3.8, 4) is 22.4 Å². The highest BCUT2D eigenvalue weighted by atomic mass is 19.1. The lowest BCUT2D eigenvalue weighted by Crippen LogP contribution is -2.34. The van der Waals surface area contributed by atoms with E-state index in [0.717, 1.165) is 0 Å². The molecule has 0 spiro atoms. The summed E-state index contributed by atoms with van der Waals surface area (Å²) in [6.45, 7) is 1.96. The van der Waals surface area contributed by atoms with Crippen molar-refractivity contribution < 1.29 is 18.7 Å². The van der Waals surface area contributed by atoms with Gasteiger partial charge in [0.2, 0.25) is 0 Å². The van der Waals surface area contributed by atoms with Gasteiger partial charge in [0.05, 0.1) is 17.3 Å². The van der Waals surface area contributed by atoms with Crippen molar-refractivity contribution in [2.45, 2.75) is 19.4 Å². The second-order valence-electron chi connectivity index (χ2n) is 7.65. The van der Waals surface area contributed by atoms with E-state index in [-0.39, 0.29) is 12.1 Å². The molecule has 168 valence electrons. The number of urea groups is 1. The molecule has 3 N–H and O–H groups in total. The molecule has 1 aromatic heterocycles. The van der Waals surface area contributed by atoms with Crippen LogP contribution in [0.2, 0.25) is 0 Å². The molecular weight excluding hydrogens is 424 g/mol. The highest BCUT2D eigenvalue weighted by molar-refractivity contribution is 5.96. The summed E-state index contributed by atoms with van der Waals surface area (Å²) in [6, 6.07) is 18.9. The number of hydrogen-bond donors (Lipinski definition) is 3. The zero-order valence-corrected chi connectivity index (χ0v) is 18.0. The summed E-state index contributed by atoms with van der Waals surface area (Å²) in [4.78, 5) is 16.8. The summed E-state index contributed by atoms with van der Waals surface area (Å²) < 4.78 is 29.3. The van der Waals surface area contributed by atoms with Crippen LogP contribution in [0.5, 0.6) is 0 Å². The van der Waals surface area contributed by atoms with Gasteiger partial charge in [-0.3, -0.25) is 0 Å². The molecule has 0 aliphatic carbocycles. The number of benzene rings is 3. The van der Waals surface area contributed by atoms with E-state index in [0.29, 0.717) is 39.8 Å². The zero-order valence-electron chi connectivity index (χ0n) is 18.0. The van der Waals surface area contributed by atoms with Gasteiger partial charge < -0.3 is 15.7 Å². The molecule has 0 saturated heterocycles. The Kier molecular flexibility index (Phi) is 6.60. The van der Waals surface area contributed by atoms with Gasteiger partial charge in [-0.2, -0.15) is 0 Å². The van der Waals surface area contributed by atoms with Gasteiger partial charge in [-0.15, -0.1) is 0 Å². The Balaban J connectivity index is 1.77. The molecule has 0 radical (unpaired) electrons. The summed E-state index contributed by atoms with van der Waals surface area (Å²) in [5, 5.41) is 15.6. The lowest BCUT2D eigenvalue weighted by molar-refractivity contribution is 0.168. The van der Waals surface area contributed by atoms with E-state index in [1.165, 1.54) is 12.1 Å². The molecule has 0 fully saturated rings. The molecule has 3 aromatic carbocycles. The first-order valence-corrected chi connectivity index (χ1v) is 10.6. The molecular formula is C26H23F2N3O2. The van der Waals surface area contributed by atoms with Gasteiger partial charge in [-0.1, -0.05) is 37.3 Å². The quantitative estimate of drug-likeness (QED) is 0.353. The summed E-state index contributed by atoms with van der Waals surface area (Å²) >= 11 is 0. The van der Waals surface area contributed by atoms with Crippen LogP contribution in [0.15, 0.2) is 72.8 Å². The Morgan fingerprint density at radius 2 is 1.61 bits per heavy atom. The average molecular weight is 447 g/mol. The Hall–Kier alpha value is -3.84. The Labute approximate surface area is 190 Å². The fourth-order valence-electron chi connectivity index (χ4n) is 3.53. The molecule has 4 aromatic rings. The minimum absolute atomic E-state index is 0.140. The molecule has 0 saturated carbocycles. The van der Waals surface area contributed by atoms with Crippen molar-refractivity contribution in [3.05, 3.63) is 84.4 Å². The first-order valence-electron chi connectivity index (χ1n) is 10.6. The number of aromatic nitrogens is 1. The van der Waals surface area contributed by atoms with Crippen LogP contribution in [-0.2, 0) is 0 Å². The predicted octanol–water partition coefficient (Wildman–Crippen LogP) is 5.74. The maximum Gasteiger partial charge on any atom is 0.319 e. The Morgan fingerprint density at radius 1 is 0.939 bits per heavy atom. The molecule has 0 aliphatic rings. The molecule has 0 aliphatic heterocycles. The standard InChI is InChI=1S/C26H23F2N3O2/c1-2-18(32)15-29-26(33)30-17-11-12-24-16(13-17)14-21(19-7-3-5-9-22(19)27)25(31-24)20-8-4-6-10-23(20)28/h3-14,18,32H,2,15H2,1H3,(H2,29,30,33)/t18-/m0/s1. The molecule has 1 atom stereocenters. The summed E-state index contributed by atoms with van der Waals surface area (Å²) in [5.74, 6) is -0.898. The van der Waals surface area contributed by atoms with Crippen molar-refractivity contribution in [3.63, 3.8) is 0 Å². The van der Waals surface area contributed by atoms with E-state index in [1.807, 2.05) is 6.92 Å². The fraction of sp³-hybridized carbons (Fsp3) is 0.154. The number of fused-ring (bicyclic) bond motifs is 1. The van der Waals surface area contributed by atoms with E-state index in [9.17, 15) is 18.7 Å². The van der Waals surface area contributed by atoms with Crippen LogP contribution in [0, 0.1) is 11.6 Å². The van der Waals surface area contributed by atoms with E-state index >= 15 is 0 Å². The molecule has 2 amide bonds. The molecule has 0 bridgehead atoms. The first kappa shape index (κ1) is 22.4. The van der Waals surface area contributed by atoms with Gasteiger partial charge in [0.25, 0.3) is 0 Å². The van der Waals surface area contributed by atoms with Crippen molar-refractivity contribution >= 4 is 22.6 Å². The number of aliphatic hydroxyl groups is 1. The van der Waals surface area contributed by atoms with E-state index in [2.05, 4.69) is 15.6 Å². The van der Waals surface area contributed by atoms with Gasteiger partial charge in [0.15, 0.2) is 0 Å². The van der Waals surface area contributed by atoms with Crippen molar-refractivity contribution in [1.29, 1.82) is 0 Å².